The molecule has 0 aliphatic carbocycles. The van der Waals surface area contributed by atoms with Crippen LogP contribution in [-0.4, -0.2) is 23.1 Å². The number of amides is 2. The summed E-state index contributed by atoms with van der Waals surface area (Å²) in [6.45, 7) is 3.56. The quantitative estimate of drug-likeness (QED) is 0.782. The van der Waals surface area contributed by atoms with Crippen molar-refractivity contribution < 1.29 is 19.1 Å². The van der Waals surface area contributed by atoms with Crippen LogP contribution in [0.4, 0.5) is 14.9 Å². The van der Waals surface area contributed by atoms with Gasteiger partial charge in [0, 0.05) is 5.69 Å². The van der Waals surface area contributed by atoms with E-state index < -0.39 is 23.9 Å². The average molecular weight is 303 g/mol. The smallest absolute Gasteiger partial charge is 0.326 e. The number of benzene rings is 1. The van der Waals surface area contributed by atoms with Crippen LogP contribution in [0.15, 0.2) is 18.2 Å². The van der Waals surface area contributed by atoms with Crippen molar-refractivity contribution in [1.29, 1.82) is 0 Å². The second-order valence-corrected chi connectivity index (χ2v) is 4.84. The third kappa shape index (κ3) is 4.38. The summed E-state index contributed by atoms with van der Waals surface area (Å²) in [5.74, 6) is -1.91. The van der Waals surface area contributed by atoms with E-state index in [-0.39, 0.29) is 16.6 Å². The Bertz CT molecular complexity index is 510. The SMILES string of the molecule is CC[C@H](C)[C@H](NC(=O)Nc1ccc(F)c(Cl)c1)C(=O)O. The highest BCUT2D eigenvalue weighted by molar-refractivity contribution is 6.31. The maximum atomic E-state index is 13.0. The van der Waals surface area contributed by atoms with E-state index in [1.165, 1.54) is 12.1 Å². The van der Waals surface area contributed by atoms with Gasteiger partial charge in [-0.3, -0.25) is 0 Å². The van der Waals surface area contributed by atoms with Gasteiger partial charge in [0.2, 0.25) is 0 Å². The predicted molar refractivity (Wildman–Crippen MR) is 74.4 cm³/mol. The first-order valence-corrected chi connectivity index (χ1v) is 6.48. The Hall–Kier alpha value is -1.82. The number of urea groups is 1. The molecule has 0 unspecified atom stereocenters. The molecule has 0 saturated carbocycles. The summed E-state index contributed by atoms with van der Waals surface area (Å²) in [5, 5.41) is 13.7. The number of rotatable bonds is 5. The zero-order chi connectivity index (χ0) is 15.3. The van der Waals surface area contributed by atoms with Gasteiger partial charge >= 0.3 is 12.0 Å². The third-order valence-electron chi connectivity index (χ3n) is 2.94. The highest BCUT2D eigenvalue weighted by atomic mass is 35.5. The second kappa shape index (κ2) is 7.09. The molecule has 1 aromatic carbocycles. The maximum Gasteiger partial charge on any atom is 0.326 e. The lowest BCUT2D eigenvalue weighted by molar-refractivity contribution is -0.140. The molecule has 3 N–H and O–H groups in total. The van der Waals surface area contributed by atoms with Crippen molar-refractivity contribution in [1.82, 2.24) is 5.32 Å². The molecule has 0 radical (unpaired) electrons. The van der Waals surface area contributed by atoms with Crippen LogP contribution in [0.1, 0.15) is 20.3 Å². The molecule has 0 fully saturated rings. The Kier molecular flexibility index (Phi) is 5.76. The van der Waals surface area contributed by atoms with Gasteiger partial charge < -0.3 is 15.7 Å². The van der Waals surface area contributed by atoms with Gasteiger partial charge in [-0.15, -0.1) is 0 Å². The Balaban J connectivity index is 2.70. The van der Waals surface area contributed by atoms with Crippen LogP contribution < -0.4 is 10.6 Å². The third-order valence-corrected chi connectivity index (χ3v) is 3.23. The van der Waals surface area contributed by atoms with Gasteiger partial charge in [-0.1, -0.05) is 31.9 Å². The minimum atomic E-state index is -1.10. The lowest BCUT2D eigenvalue weighted by atomic mass is 9.99. The molecule has 0 heterocycles. The van der Waals surface area contributed by atoms with Gasteiger partial charge in [0.25, 0.3) is 0 Å². The zero-order valence-corrected chi connectivity index (χ0v) is 11.9. The molecular formula is C13H16ClFN2O3. The fourth-order valence-corrected chi connectivity index (χ4v) is 1.75. The molecule has 1 aromatic rings. The van der Waals surface area contributed by atoms with Gasteiger partial charge in [-0.05, 0) is 24.1 Å². The van der Waals surface area contributed by atoms with Crippen LogP contribution in [0.3, 0.4) is 0 Å². The monoisotopic (exact) mass is 302 g/mol. The van der Waals surface area contributed by atoms with Gasteiger partial charge in [0.15, 0.2) is 0 Å². The molecule has 0 aliphatic heterocycles. The average Bonchev–Trinajstić information content (AvgIpc) is 2.39. The fraction of sp³-hybridized carbons (Fsp3) is 0.385. The van der Waals surface area contributed by atoms with Crippen LogP contribution in [0.5, 0.6) is 0 Å². The standard InChI is InChI=1S/C13H16ClFN2O3/c1-3-7(2)11(12(18)19)17-13(20)16-8-4-5-10(15)9(14)6-8/h4-7,11H,3H2,1-2H3,(H,18,19)(H2,16,17,20)/t7-,11-/m0/s1. The van der Waals surface area contributed by atoms with Crippen molar-refractivity contribution >= 4 is 29.3 Å². The summed E-state index contributed by atoms with van der Waals surface area (Å²) < 4.78 is 13.0. The molecule has 2 atom stereocenters. The van der Waals surface area contributed by atoms with Crippen LogP contribution in [0.2, 0.25) is 5.02 Å². The van der Waals surface area contributed by atoms with Crippen LogP contribution in [0, 0.1) is 11.7 Å². The number of carbonyl (C=O) groups is 2. The lowest BCUT2D eigenvalue weighted by Crippen LogP contribution is -2.46. The molecule has 20 heavy (non-hydrogen) atoms. The molecule has 5 nitrogen and oxygen atoms in total. The Labute approximate surface area is 121 Å². The number of anilines is 1. The maximum absolute atomic E-state index is 13.0. The normalized spacial score (nSPS) is 13.4. The first-order chi connectivity index (χ1) is 9.35. The van der Waals surface area contributed by atoms with E-state index in [0.717, 1.165) is 6.07 Å². The Morgan fingerprint density at radius 3 is 2.60 bits per heavy atom. The van der Waals surface area contributed by atoms with Gasteiger partial charge in [-0.2, -0.15) is 0 Å². The molecule has 0 bridgehead atoms. The molecule has 110 valence electrons. The van der Waals surface area contributed by atoms with Gasteiger partial charge in [0.05, 0.1) is 5.02 Å². The fourth-order valence-electron chi connectivity index (χ4n) is 1.57. The minimum absolute atomic E-state index is 0.125. The molecule has 0 saturated heterocycles. The molecule has 0 spiro atoms. The second-order valence-electron chi connectivity index (χ2n) is 4.43. The molecule has 1 rings (SSSR count). The van der Waals surface area contributed by atoms with E-state index in [2.05, 4.69) is 10.6 Å². The van der Waals surface area contributed by atoms with E-state index in [9.17, 15) is 14.0 Å². The van der Waals surface area contributed by atoms with E-state index in [0.29, 0.717) is 6.42 Å². The van der Waals surface area contributed by atoms with E-state index in [1.54, 1.807) is 6.92 Å². The number of hydrogen-bond acceptors (Lipinski definition) is 2. The molecule has 2 amide bonds. The summed E-state index contributed by atoms with van der Waals surface area (Å²) in [6.07, 6.45) is 0.611. The van der Waals surface area contributed by atoms with Crippen molar-refractivity contribution in [2.45, 2.75) is 26.3 Å². The highest BCUT2D eigenvalue weighted by Gasteiger charge is 2.25. The van der Waals surface area contributed by atoms with Crippen molar-refractivity contribution in [3.8, 4) is 0 Å². The Morgan fingerprint density at radius 2 is 2.10 bits per heavy atom. The number of carbonyl (C=O) groups excluding carboxylic acids is 1. The lowest BCUT2D eigenvalue weighted by Gasteiger charge is -2.20. The van der Waals surface area contributed by atoms with Gasteiger partial charge in [0.1, 0.15) is 11.9 Å². The van der Waals surface area contributed by atoms with Crippen LogP contribution in [-0.2, 0) is 4.79 Å². The van der Waals surface area contributed by atoms with E-state index in [1.807, 2.05) is 6.92 Å². The number of aliphatic carboxylic acids is 1. The molecule has 7 heteroatoms. The van der Waals surface area contributed by atoms with E-state index >= 15 is 0 Å². The number of carboxylic acids is 1. The topological polar surface area (TPSA) is 78.4 Å². The number of hydrogen-bond donors (Lipinski definition) is 3. The molecular weight excluding hydrogens is 287 g/mol. The number of carboxylic acid groups (broad SMARTS) is 1. The summed E-state index contributed by atoms with van der Waals surface area (Å²) in [4.78, 5) is 22.8. The van der Waals surface area contributed by atoms with Crippen molar-refractivity contribution in [2.75, 3.05) is 5.32 Å². The van der Waals surface area contributed by atoms with Crippen LogP contribution in [0.25, 0.3) is 0 Å². The first kappa shape index (κ1) is 16.2. The van der Waals surface area contributed by atoms with Crippen molar-refractivity contribution in [2.24, 2.45) is 5.92 Å². The summed E-state index contributed by atoms with van der Waals surface area (Å²) >= 11 is 5.59. The summed E-state index contributed by atoms with van der Waals surface area (Å²) in [5.41, 5.74) is 0.280. The summed E-state index contributed by atoms with van der Waals surface area (Å²) in [7, 11) is 0. The summed E-state index contributed by atoms with van der Waals surface area (Å²) in [6, 6.07) is 2.02. The van der Waals surface area contributed by atoms with Crippen molar-refractivity contribution in [3.05, 3.63) is 29.0 Å². The number of halogens is 2. The minimum Gasteiger partial charge on any atom is -0.480 e. The molecule has 0 aliphatic rings. The van der Waals surface area contributed by atoms with Crippen LogP contribution >= 0.6 is 11.6 Å². The molecule has 0 aromatic heterocycles. The highest BCUT2D eigenvalue weighted by Crippen LogP contribution is 2.19. The first-order valence-electron chi connectivity index (χ1n) is 6.10. The zero-order valence-electron chi connectivity index (χ0n) is 11.1. The van der Waals surface area contributed by atoms with E-state index in [4.69, 9.17) is 16.7 Å². The number of nitrogens with one attached hydrogen (secondary N) is 2. The Morgan fingerprint density at radius 1 is 1.45 bits per heavy atom. The largest absolute Gasteiger partial charge is 0.480 e. The predicted octanol–water partition coefficient (Wildman–Crippen LogP) is 3.10. The van der Waals surface area contributed by atoms with Gasteiger partial charge in [-0.25, -0.2) is 14.0 Å². The van der Waals surface area contributed by atoms with Crippen molar-refractivity contribution in [3.63, 3.8) is 0 Å².